The zero-order chi connectivity index (χ0) is 12.3. The molecule has 1 aromatic heterocycles. The molecule has 0 fully saturated rings. The Morgan fingerprint density at radius 2 is 2.24 bits per heavy atom. The SMILES string of the molecule is CCC(=O)COc1c(C#N)oc2ccccc12. The summed E-state index contributed by atoms with van der Waals surface area (Å²) in [5.74, 6) is 0.444. The summed E-state index contributed by atoms with van der Waals surface area (Å²) >= 11 is 0. The molecule has 2 aromatic rings. The molecule has 0 amide bonds. The van der Waals surface area contributed by atoms with E-state index in [1.807, 2.05) is 18.2 Å². The lowest BCUT2D eigenvalue weighted by Crippen LogP contribution is -2.09. The summed E-state index contributed by atoms with van der Waals surface area (Å²) in [7, 11) is 0. The number of benzene rings is 1. The first-order valence-corrected chi connectivity index (χ1v) is 5.32. The zero-order valence-corrected chi connectivity index (χ0v) is 9.40. The third-order valence-corrected chi connectivity index (χ3v) is 2.42. The Balaban J connectivity index is 2.37. The smallest absolute Gasteiger partial charge is 0.246 e. The summed E-state index contributed by atoms with van der Waals surface area (Å²) in [5, 5.41) is 9.65. The number of carbonyl (C=O) groups is 1. The van der Waals surface area contributed by atoms with Crippen LogP contribution in [0.3, 0.4) is 0 Å². The molecule has 0 unspecified atom stereocenters. The molecule has 4 nitrogen and oxygen atoms in total. The van der Waals surface area contributed by atoms with Gasteiger partial charge in [0.1, 0.15) is 18.3 Å². The van der Waals surface area contributed by atoms with Gasteiger partial charge in [-0.05, 0) is 12.1 Å². The van der Waals surface area contributed by atoms with Crippen LogP contribution >= 0.6 is 0 Å². The van der Waals surface area contributed by atoms with E-state index in [1.54, 1.807) is 19.1 Å². The van der Waals surface area contributed by atoms with Crippen LogP contribution in [0.2, 0.25) is 0 Å². The van der Waals surface area contributed by atoms with E-state index in [4.69, 9.17) is 14.4 Å². The third-order valence-electron chi connectivity index (χ3n) is 2.42. The van der Waals surface area contributed by atoms with Crippen LogP contribution in [0.4, 0.5) is 0 Å². The zero-order valence-electron chi connectivity index (χ0n) is 9.40. The van der Waals surface area contributed by atoms with Crippen LogP contribution in [0, 0.1) is 11.3 Å². The van der Waals surface area contributed by atoms with Crippen LogP contribution in [0.15, 0.2) is 28.7 Å². The topological polar surface area (TPSA) is 63.2 Å². The van der Waals surface area contributed by atoms with Gasteiger partial charge in [-0.1, -0.05) is 19.1 Å². The second-order valence-electron chi connectivity index (χ2n) is 3.55. The number of ketones is 1. The molecule has 0 aliphatic heterocycles. The normalized spacial score (nSPS) is 10.1. The first kappa shape index (κ1) is 11.2. The van der Waals surface area contributed by atoms with Crippen molar-refractivity contribution in [3.05, 3.63) is 30.0 Å². The van der Waals surface area contributed by atoms with Crippen molar-refractivity contribution in [2.24, 2.45) is 0 Å². The molecule has 0 saturated carbocycles. The first-order chi connectivity index (χ1) is 8.26. The molecule has 0 saturated heterocycles. The van der Waals surface area contributed by atoms with Gasteiger partial charge >= 0.3 is 0 Å². The van der Waals surface area contributed by atoms with Gasteiger partial charge in [-0.2, -0.15) is 5.26 Å². The summed E-state index contributed by atoms with van der Waals surface area (Å²) in [6.45, 7) is 1.74. The third kappa shape index (κ3) is 2.13. The standard InChI is InChI=1S/C13H11NO3/c1-2-9(15)8-16-13-10-5-3-4-6-11(10)17-12(13)7-14/h3-6H,2,8H2,1H3. The summed E-state index contributed by atoms with van der Waals surface area (Å²) in [6.07, 6.45) is 0.414. The Labute approximate surface area is 98.4 Å². The molecule has 1 heterocycles. The average molecular weight is 229 g/mol. The van der Waals surface area contributed by atoms with E-state index < -0.39 is 0 Å². The molecule has 1 aromatic carbocycles. The molecule has 0 spiro atoms. The average Bonchev–Trinajstić information content (AvgIpc) is 2.73. The van der Waals surface area contributed by atoms with E-state index in [-0.39, 0.29) is 18.2 Å². The molecular weight excluding hydrogens is 218 g/mol. The predicted octanol–water partition coefficient (Wildman–Crippen LogP) is 2.66. The van der Waals surface area contributed by atoms with Crippen LogP contribution < -0.4 is 4.74 Å². The van der Waals surface area contributed by atoms with Crippen molar-refractivity contribution in [2.45, 2.75) is 13.3 Å². The van der Waals surface area contributed by atoms with Crippen molar-refractivity contribution in [3.8, 4) is 11.8 Å². The summed E-state index contributed by atoms with van der Waals surface area (Å²) < 4.78 is 10.7. The minimum Gasteiger partial charge on any atom is -0.480 e. The van der Waals surface area contributed by atoms with Gasteiger partial charge in [0, 0.05) is 6.42 Å². The fourth-order valence-corrected chi connectivity index (χ4v) is 1.49. The number of para-hydroxylation sites is 1. The van der Waals surface area contributed by atoms with Crippen LogP contribution in [0.5, 0.6) is 5.75 Å². The van der Waals surface area contributed by atoms with E-state index in [0.717, 1.165) is 0 Å². The molecule has 0 atom stereocenters. The Morgan fingerprint density at radius 1 is 1.47 bits per heavy atom. The van der Waals surface area contributed by atoms with Crippen molar-refractivity contribution < 1.29 is 13.9 Å². The molecule has 0 aliphatic carbocycles. The number of rotatable bonds is 4. The van der Waals surface area contributed by atoms with Gasteiger partial charge in [-0.15, -0.1) is 0 Å². The first-order valence-electron chi connectivity index (χ1n) is 5.32. The predicted molar refractivity (Wildman–Crippen MR) is 61.7 cm³/mol. The molecule has 0 aliphatic rings. The minimum absolute atomic E-state index is 0.0147. The van der Waals surface area contributed by atoms with Gasteiger partial charge in [-0.3, -0.25) is 4.79 Å². The van der Waals surface area contributed by atoms with E-state index in [1.165, 1.54) is 0 Å². The molecular formula is C13H11NO3. The lowest BCUT2D eigenvalue weighted by atomic mass is 10.2. The molecule has 0 bridgehead atoms. The number of fused-ring (bicyclic) bond motifs is 1. The van der Waals surface area contributed by atoms with Crippen molar-refractivity contribution in [1.29, 1.82) is 5.26 Å². The van der Waals surface area contributed by atoms with E-state index in [9.17, 15) is 4.79 Å². The highest BCUT2D eigenvalue weighted by molar-refractivity contribution is 5.87. The summed E-state index contributed by atoms with van der Waals surface area (Å²) in [5.41, 5.74) is 0.586. The maximum Gasteiger partial charge on any atom is 0.246 e. The van der Waals surface area contributed by atoms with Crippen molar-refractivity contribution in [2.75, 3.05) is 6.61 Å². The van der Waals surface area contributed by atoms with Crippen LogP contribution in [-0.2, 0) is 4.79 Å². The minimum atomic E-state index is -0.0330. The van der Waals surface area contributed by atoms with Gasteiger partial charge in [0.15, 0.2) is 11.5 Å². The van der Waals surface area contributed by atoms with Gasteiger partial charge in [-0.25, -0.2) is 0 Å². The Bertz CT molecular complexity index is 592. The Morgan fingerprint density at radius 3 is 2.94 bits per heavy atom. The van der Waals surface area contributed by atoms with Crippen molar-refractivity contribution >= 4 is 16.8 Å². The number of furan rings is 1. The second-order valence-corrected chi connectivity index (χ2v) is 3.55. The van der Waals surface area contributed by atoms with Crippen LogP contribution in [0.25, 0.3) is 11.0 Å². The summed E-state index contributed by atoms with van der Waals surface area (Å²) in [6, 6.07) is 9.12. The molecule has 17 heavy (non-hydrogen) atoms. The molecule has 0 radical (unpaired) electrons. The van der Waals surface area contributed by atoms with Gasteiger partial charge < -0.3 is 9.15 Å². The Hall–Kier alpha value is -2.28. The highest BCUT2D eigenvalue weighted by Gasteiger charge is 2.15. The van der Waals surface area contributed by atoms with Crippen molar-refractivity contribution in [3.63, 3.8) is 0 Å². The van der Waals surface area contributed by atoms with Gasteiger partial charge in [0.25, 0.3) is 0 Å². The number of nitriles is 1. The lowest BCUT2D eigenvalue weighted by Gasteiger charge is -2.02. The van der Waals surface area contributed by atoms with Gasteiger partial charge in [0.2, 0.25) is 5.76 Å². The lowest BCUT2D eigenvalue weighted by molar-refractivity contribution is -0.120. The van der Waals surface area contributed by atoms with Gasteiger partial charge in [0.05, 0.1) is 5.39 Å². The van der Waals surface area contributed by atoms with Crippen LogP contribution in [0.1, 0.15) is 19.1 Å². The number of hydrogen-bond donors (Lipinski definition) is 0. The number of ether oxygens (including phenoxy) is 1. The monoisotopic (exact) mass is 229 g/mol. The number of hydrogen-bond acceptors (Lipinski definition) is 4. The van der Waals surface area contributed by atoms with E-state index in [0.29, 0.717) is 23.1 Å². The fraction of sp³-hybridized carbons (Fsp3) is 0.231. The number of carbonyl (C=O) groups excluding carboxylic acids is 1. The molecule has 2 rings (SSSR count). The maximum absolute atomic E-state index is 11.2. The second kappa shape index (κ2) is 4.71. The maximum atomic E-state index is 11.2. The highest BCUT2D eigenvalue weighted by Crippen LogP contribution is 2.32. The highest BCUT2D eigenvalue weighted by atomic mass is 16.5. The van der Waals surface area contributed by atoms with Crippen LogP contribution in [-0.4, -0.2) is 12.4 Å². The Kier molecular flexibility index (Phi) is 3.10. The molecule has 0 N–H and O–H groups in total. The number of nitrogens with zero attached hydrogens (tertiary/aromatic N) is 1. The van der Waals surface area contributed by atoms with E-state index in [2.05, 4.69) is 0 Å². The van der Waals surface area contributed by atoms with Crippen molar-refractivity contribution in [1.82, 2.24) is 0 Å². The quantitative estimate of drug-likeness (QED) is 0.808. The number of Topliss-reactive ketones (excluding diaryl/α,β-unsaturated/α-hetero) is 1. The molecule has 86 valence electrons. The molecule has 4 heteroatoms. The summed E-state index contributed by atoms with van der Waals surface area (Å²) in [4.78, 5) is 11.2. The largest absolute Gasteiger partial charge is 0.480 e. The fourth-order valence-electron chi connectivity index (χ4n) is 1.49. The van der Waals surface area contributed by atoms with E-state index >= 15 is 0 Å².